The fourth-order valence-electron chi connectivity index (χ4n) is 2.17. The normalized spacial score (nSPS) is 10.8. The Balaban J connectivity index is 2.09. The van der Waals surface area contributed by atoms with E-state index in [1.54, 1.807) is 0 Å². The van der Waals surface area contributed by atoms with Gasteiger partial charge in [0.2, 0.25) is 0 Å². The van der Waals surface area contributed by atoms with Crippen molar-refractivity contribution in [1.82, 2.24) is 9.55 Å². The molecule has 0 atom stereocenters. The molecular weight excluding hydrogens is 279 g/mol. The number of halogens is 3. The molecule has 1 heterocycles. The Morgan fingerprint density at radius 2 is 1.86 bits per heavy atom. The van der Waals surface area contributed by atoms with Gasteiger partial charge in [-0.15, -0.1) is 0 Å². The van der Waals surface area contributed by atoms with E-state index >= 15 is 0 Å². The molecule has 0 unspecified atom stereocenters. The summed E-state index contributed by atoms with van der Waals surface area (Å²) < 4.78 is 41.3. The van der Waals surface area contributed by atoms with E-state index in [2.05, 4.69) is 4.98 Å². The maximum Gasteiger partial charge on any atom is 0.161 e. The third-order valence-corrected chi connectivity index (χ3v) is 3.19. The second-order valence-electron chi connectivity index (χ2n) is 4.54. The molecule has 3 nitrogen and oxygen atoms in total. The monoisotopic (exact) mass is 287 g/mol. The largest absolute Gasteiger partial charge is 0.326 e. The van der Waals surface area contributed by atoms with Gasteiger partial charge >= 0.3 is 0 Å². The van der Waals surface area contributed by atoms with E-state index in [4.69, 9.17) is 5.26 Å². The molecular formula is C15H8F3N3. The zero-order valence-electron chi connectivity index (χ0n) is 10.6. The Morgan fingerprint density at radius 1 is 1.10 bits per heavy atom. The molecule has 6 heteroatoms. The van der Waals surface area contributed by atoms with Crippen LogP contribution in [0, 0.1) is 28.8 Å². The third-order valence-electron chi connectivity index (χ3n) is 3.19. The van der Waals surface area contributed by atoms with Crippen molar-refractivity contribution in [1.29, 1.82) is 5.26 Å². The molecule has 2 aromatic carbocycles. The summed E-state index contributed by atoms with van der Waals surface area (Å²) in [5.74, 6) is -2.43. The molecule has 0 aliphatic heterocycles. The Kier molecular flexibility index (Phi) is 3.10. The van der Waals surface area contributed by atoms with Gasteiger partial charge in [-0.25, -0.2) is 18.2 Å². The maximum atomic E-state index is 13.3. The predicted molar refractivity (Wildman–Crippen MR) is 69.9 cm³/mol. The highest BCUT2D eigenvalue weighted by atomic mass is 19.2. The van der Waals surface area contributed by atoms with E-state index in [-0.39, 0.29) is 6.54 Å². The van der Waals surface area contributed by atoms with Gasteiger partial charge in [0.15, 0.2) is 11.6 Å². The van der Waals surface area contributed by atoms with Gasteiger partial charge in [-0.1, -0.05) is 0 Å². The van der Waals surface area contributed by atoms with Crippen LogP contribution in [0.5, 0.6) is 0 Å². The lowest BCUT2D eigenvalue weighted by Crippen LogP contribution is -2.01. The SMILES string of the molecule is N#Cc1ccc(F)cc1Cn1cnc2cc(F)c(F)cc21. The van der Waals surface area contributed by atoms with Crippen molar-refractivity contribution in [3.63, 3.8) is 0 Å². The summed E-state index contributed by atoms with van der Waals surface area (Å²) in [5, 5.41) is 9.02. The van der Waals surface area contributed by atoms with Crippen LogP contribution in [0.25, 0.3) is 11.0 Å². The number of nitriles is 1. The highest BCUT2D eigenvalue weighted by molar-refractivity contribution is 5.75. The number of rotatable bonds is 2. The summed E-state index contributed by atoms with van der Waals surface area (Å²) >= 11 is 0. The third kappa shape index (κ3) is 2.34. The van der Waals surface area contributed by atoms with E-state index in [0.29, 0.717) is 22.2 Å². The molecule has 0 spiro atoms. The molecule has 0 bridgehead atoms. The fourth-order valence-corrected chi connectivity index (χ4v) is 2.17. The van der Waals surface area contributed by atoms with E-state index in [1.807, 2.05) is 6.07 Å². The van der Waals surface area contributed by atoms with Crippen LogP contribution >= 0.6 is 0 Å². The molecule has 0 N–H and O–H groups in total. The van der Waals surface area contributed by atoms with Crippen LogP contribution in [-0.4, -0.2) is 9.55 Å². The Morgan fingerprint density at radius 3 is 2.62 bits per heavy atom. The lowest BCUT2D eigenvalue weighted by molar-refractivity contribution is 0.510. The Hall–Kier alpha value is -2.81. The van der Waals surface area contributed by atoms with Gasteiger partial charge < -0.3 is 4.57 Å². The second kappa shape index (κ2) is 4.94. The van der Waals surface area contributed by atoms with Crippen LogP contribution < -0.4 is 0 Å². The molecule has 21 heavy (non-hydrogen) atoms. The lowest BCUT2D eigenvalue weighted by atomic mass is 10.1. The zero-order chi connectivity index (χ0) is 15.0. The van der Waals surface area contributed by atoms with Crippen molar-refractivity contribution >= 4 is 11.0 Å². The molecule has 3 rings (SSSR count). The molecule has 0 saturated carbocycles. The van der Waals surface area contributed by atoms with E-state index in [1.165, 1.54) is 29.1 Å². The van der Waals surface area contributed by atoms with Crippen molar-refractivity contribution in [3.05, 3.63) is 65.2 Å². The van der Waals surface area contributed by atoms with Crippen LogP contribution in [0.1, 0.15) is 11.1 Å². The molecule has 104 valence electrons. The number of nitrogens with zero attached hydrogens (tertiary/aromatic N) is 3. The molecule has 3 aromatic rings. The Bertz CT molecular complexity index is 878. The lowest BCUT2D eigenvalue weighted by Gasteiger charge is -2.07. The van der Waals surface area contributed by atoms with Crippen LogP contribution in [0.4, 0.5) is 13.2 Å². The Labute approximate surface area is 117 Å². The van der Waals surface area contributed by atoms with Crippen molar-refractivity contribution in [2.75, 3.05) is 0 Å². The highest BCUT2D eigenvalue weighted by Crippen LogP contribution is 2.20. The second-order valence-corrected chi connectivity index (χ2v) is 4.54. The quantitative estimate of drug-likeness (QED) is 0.725. The molecule has 0 radical (unpaired) electrons. The summed E-state index contributed by atoms with van der Waals surface area (Å²) in [4.78, 5) is 3.97. The van der Waals surface area contributed by atoms with Gasteiger partial charge in [0.05, 0.1) is 35.5 Å². The minimum absolute atomic E-state index is 0.141. The van der Waals surface area contributed by atoms with Crippen LogP contribution in [0.3, 0.4) is 0 Å². The average molecular weight is 287 g/mol. The highest BCUT2D eigenvalue weighted by Gasteiger charge is 2.11. The van der Waals surface area contributed by atoms with E-state index in [9.17, 15) is 13.2 Å². The van der Waals surface area contributed by atoms with Gasteiger partial charge in [0.1, 0.15) is 5.82 Å². The predicted octanol–water partition coefficient (Wildman–Crippen LogP) is 3.37. The smallest absolute Gasteiger partial charge is 0.161 e. The number of aromatic nitrogens is 2. The average Bonchev–Trinajstić information content (AvgIpc) is 2.82. The molecule has 0 aliphatic carbocycles. The van der Waals surface area contributed by atoms with Gasteiger partial charge in [-0.05, 0) is 23.8 Å². The number of hydrogen-bond donors (Lipinski definition) is 0. The van der Waals surface area contributed by atoms with Gasteiger partial charge in [-0.2, -0.15) is 5.26 Å². The number of imidazole rings is 1. The standard InChI is InChI=1S/C15H8F3N3/c16-11-2-1-9(6-19)10(3-11)7-21-8-20-14-4-12(17)13(18)5-15(14)21/h1-5,8H,7H2. The van der Waals surface area contributed by atoms with Crippen molar-refractivity contribution < 1.29 is 13.2 Å². The number of benzene rings is 2. The first-order chi connectivity index (χ1) is 10.1. The molecule has 1 aromatic heterocycles. The first-order valence-corrected chi connectivity index (χ1v) is 6.07. The molecule has 0 fully saturated rings. The van der Waals surface area contributed by atoms with E-state index < -0.39 is 17.5 Å². The van der Waals surface area contributed by atoms with Crippen molar-refractivity contribution in [2.45, 2.75) is 6.54 Å². The topological polar surface area (TPSA) is 41.6 Å². The number of fused-ring (bicyclic) bond motifs is 1. The molecule has 0 aliphatic rings. The summed E-state index contributed by atoms with van der Waals surface area (Å²) in [6.07, 6.45) is 1.40. The van der Waals surface area contributed by atoms with Gasteiger partial charge in [0, 0.05) is 12.1 Å². The van der Waals surface area contributed by atoms with Crippen LogP contribution in [-0.2, 0) is 6.54 Å². The fraction of sp³-hybridized carbons (Fsp3) is 0.0667. The first kappa shape index (κ1) is 13.2. The van der Waals surface area contributed by atoms with Crippen LogP contribution in [0.15, 0.2) is 36.7 Å². The van der Waals surface area contributed by atoms with Crippen LogP contribution in [0.2, 0.25) is 0 Å². The summed E-state index contributed by atoms with van der Waals surface area (Å²) in [5.41, 5.74) is 1.44. The maximum absolute atomic E-state index is 13.3. The number of hydrogen-bond acceptors (Lipinski definition) is 2. The van der Waals surface area contributed by atoms with E-state index in [0.717, 1.165) is 12.1 Å². The van der Waals surface area contributed by atoms with Crippen molar-refractivity contribution in [3.8, 4) is 6.07 Å². The summed E-state index contributed by atoms with van der Waals surface area (Å²) in [6.45, 7) is 0.141. The minimum atomic E-state index is -0.982. The van der Waals surface area contributed by atoms with Gasteiger partial charge in [0.25, 0.3) is 0 Å². The molecule has 0 amide bonds. The van der Waals surface area contributed by atoms with Gasteiger partial charge in [-0.3, -0.25) is 0 Å². The zero-order valence-corrected chi connectivity index (χ0v) is 10.6. The van der Waals surface area contributed by atoms with Crippen molar-refractivity contribution in [2.24, 2.45) is 0 Å². The summed E-state index contributed by atoms with van der Waals surface area (Å²) in [7, 11) is 0. The summed E-state index contributed by atoms with van der Waals surface area (Å²) in [6, 6.07) is 7.81. The first-order valence-electron chi connectivity index (χ1n) is 6.07. The molecule has 0 saturated heterocycles. The minimum Gasteiger partial charge on any atom is -0.326 e.